The van der Waals surface area contributed by atoms with Crippen LogP contribution in [-0.4, -0.2) is 73.6 Å². The standard InChI is InChI=1S/C28H29F3N4O6/c1-14-8-9-16(24(31)23(14)30)19-12-35(34-32-19)25-26(37)21(13-36)40-20(27(25)39-3)10-15-11-22(41-33-15)28(2,38)17-6-4-5-7-18(17)29/h4-9,11-12,20-21,25-27,36-38H,10,13H2,1-3H3/t20-,21-,25+,26+,27+,28?/m1/s1. The number of halogens is 3. The number of methoxy groups -OCH3 is 1. The number of benzene rings is 2. The maximum atomic E-state index is 14.6. The lowest BCUT2D eigenvalue weighted by Gasteiger charge is -2.43. The normalized spacial score (nSPS) is 24.4. The first-order valence-corrected chi connectivity index (χ1v) is 12.8. The van der Waals surface area contributed by atoms with Crippen LogP contribution in [0.4, 0.5) is 13.2 Å². The smallest absolute Gasteiger partial charge is 0.172 e. The number of rotatable bonds is 8. The molecule has 3 N–H and O–H groups in total. The SMILES string of the molecule is CO[C@@H]1[C@@H](n2cc(-c3ccc(C)c(F)c3F)nn2)[C@@H](O)[C@@H](CO)O[C@@H]1Cc1cc(C(C)(O)c2ccccc2F)on1. The summed E-state index contributed by atoms with van der Waals surface area (Å²) in [6.45, 7) is 2.27. The zero-order valence-corrected chi connectivity index (χ0v) is 22.4. The summed E-state index contributed by atoms with van der Waals surface area (Å²) in [5, 5.41) is 44.1. The molecule has 0 bridgehead atoms. The van der Waals surface area contributed by atoms with Gasteiger partial charge < -0.3 is 29.3 Å². The lowest BCUT2D eigenvalue weighted by molar-refractivity contribution is -0.212. The van der Waals surface area contributed by atoms with E-state index in [4.69, 9.17) is 14.0 Å². The molecule has 2 aromatic carbocycles. The molecule has 41 heavy (non-hydrogen) atoms. The highest BCUT2D eigenvalue weighted by atomic mass is 19.2. The quantitative estimate of drug-likeness (QED) is 0.290. The number of nitrogens with zero attached hydrogens (tertiary/aromatic N) is 4. The van der Waals surface area contributed by atoms with Crippen molar-refractivity contribution >= 4 is 0 Å². The summed E-state index contributed by atoms with van der Waals surface area (Å²) in [5.41, 5.74) is -1.43. The number of ether oxygens (including phenoxy) is 2. The Balaban J connectivity index is 1.43. The lowest BCUT2D eigenvalue weighted by atomic mass is 9.89. The Kier molecular flexibility index (Phi) is 7.99. The maximum absolute atomic E-state index is 14.6. The van der Waals surface area contributed by atoms with Crippen molar-refractivity contribution in [1.29, 1.82) is 0 Å². The molecular weight excluding hydrogens is 545 g/mol. The highest BCUT2D eigenvalue weighted by Crippen LogP contribution is 2.36. The van der Waals surface area contributed by atoms with Gasteiger partial charge in [0.25, 0.3) is 0 Å². The first-order chi connectivity index (χ1) is 19.6. The second-order valence-corrected chi connectivity index (χ2v) is 10.2. The molecule has 1 fully saturated rings. The summed E-state index contributed by atoms with van der Waals surface area (Å²) < 4.78 is 61.4. The second kappa shape index (κ2) is 11.3. The molecule has 218 valence electrons. The van der Waals surface area contributed by atoms with E-state index in [9.17, 15) is 28.5 Å². The van der Waals surface area contributed by atoms with Crippen molar-refractivity contribution in [1.82, 2.24) is 20.2 Å². The van der Waals surface area contributed by atoms with Crippen LogP contribution in [0.5, 0.6) is 0 Å². The molecule has 3 heterocycles. The van der Waals surface area contributed by atoms with E-state index in [0.717, 1.165) is 0 Å². The molecule has 2 aromatic heterocycles. The Morgan fingerprint density at radius 2 is 1.85 bits per heavy atom. The average molecular weight is 575 g/mol. The van der Waals surface area contributed by atoms with Crippen molar-refractivity contribution in [2.24, 2.45) is 0 Å². The number of aliphatic hydroxyl groups excluding tert-OH is 2. The van der Waals surface area contributed by atoms with Gasteiger partial charge in [-0.1, -0.05) is 34.6 Å². The average Bonchev–Trinajstić information content (AvgIpc) is 3.63. The van der Waals surface area contributed by atoms with Gasteiger partial charge in [0, 0.05) is 30.7 Å². The molecule has 0 aliphatic carbocycles. The Morgan fingerprint density at radius 1 is 1.10 bits per heavy atom. The molecule has 10 nitrogen and oxygen atoms in total. The molecule has 0 saturated carbocycles. The largest absolute Gasteiger partial charge is 0.394 e. The zero-order valence-electron chi connectivity index (χ0n) is 22.4. The number of aryl methyl sites for hydroxylation is 1. The van der Waals surface area contributed by atoms with Gasteiger partial charge in [-0.2, -0.15) is 0 Å². The van der Waals surface area contributed by atoms with E-state index in [1.54, 1.807) is 6.07 Å². The molecule has 0 spiro atoms. The summed E-state index contributed by atoms with van der Waals surface area (Å²) >= 11 is 0. The van der Waals surface area contributed by atoms with Crippen LogP contribution < -0.4 is 0 Å². The van der Waals surface area contributed by atoms with Crippen molar-refractivity contribution in [3.8, 4) is 11.3 Å². The fraction of sp³-hybridized carbons (Fsp3) is 0.393. The molecule has 1 aliphatic heterocycles. The molecule has 1 saturated heterocycles. The summed E-state index contributed by atoms with van der Waals surface area (Å²) in [7, 11) is 1.39. The van der Waals surface area contributed by atoms with Gasteiger partial charge in [0.05, 0.1) is 24.6 Å². The third-order valence-electron chi connectivity index (χ3n) is 7.45. The van der Waals surface area contributed by atoms with Crippen molar-refractivity contribution < 1.29 is 42.5 Å². The first kappa shape index (κ1) is 28.9. The highest BCUT2D eigenvalue weighted by Gasteiger charge is 2.47. The minimum Gasteiger partial charge on any atom is -0.394 e. The van der Waals surface area contributed by atoms with E-state index in [1.807, 2.05) is 0 Å². The fourth-order valence-electron chi connectivity index (χ4n) is 5.15. The van der Waals surface area contributed by atoms with Gasteiger partial charge in [-0.3, -0.25) is 0 Å². The summed E-state index contributed by atoms with van der Waals surface area (Å²) in [6.07, 6.45) is -2.68. The molecule has 0 radical (unpaired) electrons. The van der Waals surface area contributed by atoms with Crippen LogP contribution in [0.1, 0.15) is 35.5 Å². The third kappa shape index (κ3) is 5.26. The van der Waals surface area contributed by atoms with E-state index in [-0.39, 0.29) is 34.6 Å². The van der Waals surface area contributed by atoms with Crippen molar-refractivity contribution in [2.45, 2.75) is 56.3 Å². The molecule has 6 atom stereocenters. The molecule has 1 aliphatic rings. The number of aliphatic hydroxyl groups is 3. The van der Waals surface area contributed by atoms with E-state index < -0.39 is 60.1 Å². The zero-order chi connectivity index (χ0) is 29.5. The third-order valence-corrected chi connectivity index (χ3v) is 7.45. The van der Waals surface area contributed by atoms with Gasteiger partial charge >= 0.3 is 0 Å². The van der Waals surface area contributed by atoms with Crippen molar-refractivity contribution in [3.05, 3.63) is 88.7 Å². The Morgan fingerprint density at radius 3 is 2.56 bits per heavy atom. The predicted octanol–water partition coefficient (Wildman–Crippen LogP) is 2.83. The number of hydrogen-bond donors (Lipinski definition) is 3. The minimum absolute atomic E-state index is 0.00166. The Hall–Kier alpha value is -3.62. The predicted molar refractivity (Wildman–Crippen MR) is 137 cm³/mol. The molecular formula is C28H29F3N4O6. The van der Waals surface area contributed by atoms with E-state index >= 15 is 0 Å². The summed E-state index contributed by atoms with van der Waals surface area (Å²) in [4.78, 5) is 0. The van der Waals surface area contributed by atoms with E-state index in [2.05, 4.69) is 15.5 Å². The van der Waals surface area contributed by atoms with Crippen LogP contribution in [0.2, 0.25) is 0 Å². The molecule has 5 rings (SSSR count). The number of aromatic nitrogens is 4. The molecule has 13 heteroatoms. The maximum Gasteiger partial charge on any atom is 0.172 e. The molecule has 4 aromatic rings. The van der Waals surface area contributed by atoms with Gasteiger partial charge in [-0.15, -0.1) is 5.10 Å². The summed E-state index contributed by atoms with van der Waals surface area (Å²) in [5.74, 6) is -2.70. The van der Waals surface area contributed by atoms with Gasteiger partial charge in [0.2, 0.25) is 0 Å². The van der Waals surface area contributed by atoms with Crippen LogP contribution >= 0.6 is 0 Å². The molecule has 0 amide bonds. The van der Waals surface area contributed by atoms with Crippen LogP contribution in [-0.2, 0) is 21.5 Å². The summed E-state index contributed by atoms with van der Waals surface area (Å²) in [6, 6.07) is 9.05. The van der Waals surface area contributed by atoms with Gasteiger partial charge in [0.1, 0.15) is 41.5 Å². The second-order valence-electron chi connectivity index (χ2n) is 10.2. The van der Waals surface area contributed by atoms with Crippen LogP contribution in [0, 0.1) is 24.4 Å². The topological polar surface area (TPSA) is 136 Å². The Bertz CT molecular complexity index is 1530. The first-order valence-electron chi connectivity index (χ1n) is 12.8. The van der Waals surface area contributed by atoms with Crippen LogP contribution in [0.25, 0.3) is 11.3 Å². The number of hydrogen-bond acceptors (Lipinski definition) is 9. The van der Waals surface area contributed by atoms with Crippen molar-refractivity contribution in [2.75, 3.05) is 13.7 Å². The van der Waals surface area contributed by atoms with Crippen LogP contribution in [0.15, 0.2) is 53.2 Å². The van der Waals surface area contributed by atoms with E-state index in [0.29, 0.717) is 5.69 Å². The van der Waals surface area contributed by atoms with E-state index in [1.165, 1.54) is 68.2 Å². The van der Waals surface area contributed by atoms with Gasteiger partial charge in [-0.05, 0) is 31.5 Å². The monoisotopic (exact) mass is 574 g/mol. The fourth-order valence-corrected chi connectivity index (χ4v) is 5.15. The Labute approximate surface area is 232 Å². The van der Waals surface area contributed by atoms with Gasteiger partial charge in [0.15, 0.2) is 17.4 Å². The highest BCUT2D eigenvalue weighted by molar-refractivity contribution is 5.59. The minimum atomic E-state index is -1.82. The van der Waals surface area contributed by atoms with Crippen molar-refractivity contribution in [3.63, 3.8) is 0 Å². The van der Waals surface area contributed by atoms with Gasteiger partial charge in [-0.25, -0.2) is 17.9 Å². The molecule has 1 unspecified atom stereocenters. The van der Waals surface area contributed by atoms with Crippen LogP contribution in [0.3, 0.4) is 0 Å². The lowest BCUT2D eigenvalue weighted by Crippen LogP contribution is -2.57.